The lowest BCUT2D eigenvalue weighted by atomic mass is 9.97. The lowest BCUT2D eigenvalue weighted by Crippen LogP contribution is -2.53. The molecule has 2 aromatic carbocycles. The molecule has 0 spiro atoms. The van der Waals surface area contributed by atoms with Gasteiger partial charge in [-0.25, -0.2) is 9.37 Å². The van der Waals surface area contributed by atoms with Gasteiger partial charge in [0.2, 0.25) is 0 Å². The minimum absolute atomic E-state index is 0.148. The van der Waals surface area contributed by atoms with Gasteiger partial charge in [-0.15, -0.1) is 0 Å². The molecule has 2 saturated heterocycles. The number of nitrogens with two attached hydrogens (primary N) is 1. The number of hydrogen-bond donors (Lipinski definition) is 1. The minimum Gasteiger partial charge on any atom is -0.457 e. The van der Waals surface area contributed by atoms with E-state index >= 15 is 4.39 Å². The maximum Gasteiger partial charge on any atom is 0.264 e. The fraction of sp³-hybridized carbons (Fsp3) is 0.371. The zero-order chi connectivity index (χ0) is 32.4. The van der Waals surface area contributed by atoms with Gasteiger partial charge in [-0.3, -0.25) is 14.4 Å². The Balaban J connectivity index is 1.26. The van der Waals surface area contributed by atoms with Gasteiger partial charge < -0.3 is 20.3 Å². The van der Waals surface area contributed by atoms with Crippen molar-refractivity contribution in [1.29, 1.82) is 5.26 Å². The molecule has 46 heavy (non-hydrogen) atoms. The highest BCUT2D eigenvalue weighted by Gasteiger charge is 2.34. The van der Waals surface area contributed by atoms with Gasteiger partial charge in [-0.2, -0.15) is 10.4 Å². The van der Waals surface area contributed by atoms with Crippen LogP contribution in [0.4, 0.5) is 10.2 Å². The van der Waals surface area contributed by atoms with E-state index in [4.69, 9.17) is 15.6 Å². The maximum absolute atomic E-state index is 15.6. The Morgan fingerprint density at radius 3 is 2.59 bits per heavy atom. The lowest BCUT2D eigenvalue weighted by molar-refractivity contribution is -0.127. The monoisotopic (exact) mass is 622 g/mol. The second-order valence-electron chi connectivity index (χ2n) is 12.6. The highest BCUT2D eigenvalue weighted by atomic mass is 19.1. The molecule has 2 aromatic heterocycles. The number of nitriles is 1. The van der Waals surface area contributed by atoms with Gasteiger partial charge >= 0.3 is 0 Å². The summed E-state index contributed by atoms with van der Waals surface area (Å²) >= 11 is 0. The molecule has 0 unspecified atom stereocenters. The summed E-state index contributed by atoms with van der Waals surface area (Å²) in [5, 5.41) is 15.5. The van der Waals surface area contributed by atoms with Gasteiger partial charge in [-0.1, -0.05) is 18.2 Å². The molecule has 1 atom stereocenters. The molecule has 4 aromatic rings. The number of hydrogen-bond acceptors (Lipinski definition) is 8. The number of aromatic nitrogens is 3. The zero-order valence-corrected chi connectivity index (χ0v) is 26.5. The van der Waals surface area contributed by atoms with Gasteiger partial charge in [0, 0.05) is 56.1 Å². The van der Waals surface area contributed by atoms with Crippen LogP contribution in [0.1, 0.15) is 26.7 Å². The van der Waals surface area contributed by atoms with Crippen molar-refractivity contribution in [2.75, 3.05) is 45.5 Å². The third-order valence-corrected chi connectivity index (χ3v) is 9.06. The van der Waals surface area contributed by atoms with Crippen LogP contribution >= 0.6 is 0 Å². The SMILES string of the molecule is CN1CCN(C(C)(C)C=C(C#N)C(=O)N2CCC[C@H]2Cn2nc(-c3ccc(Oc4ccccc4)cc3F)c3c(N)nccc32)CC1. The van der Waals surface area contributed by atoms with E-state index in [1.165, 1.54) is 6.07 Å². The van der Waals surface area contributed by atoms with Gasteiger partial charge in [0.15, 0.2) is 0 Å². The Morgan fingerprint density at radius 2 is 1.87 bits per heavy atom. The number of likely N-dealkylation sites (tertiary alicyclic amines) is 1. The first-order chi connectivity index (χ1) is 22.1. The van der Waals surface area contributed by atoms with Crippen molar-refractivity contribution >= 4 is 22.6 Å². The molecule has 10 nitrogen and oxygen atoms in total. The molecule has 4 heterocycles. The van der Waals surface area contributed by atoms with Crippen LogP contribution < -0.4 is 10.5 Å². The topological polar surface area (TPSA) is 117 Å². The summed E-state index contributed by atoms with van der Waals surface area (Å²) in [6.45, 7) is 8.64. The second kappa shape index (κ2) is 12.9. The molecule has 2 N–H and O–H groups in total. The van der Waals surface area contributed by atoms with E-state index in [0.29, 0.717) is 41.2 Å². The average Bonchev–Trinajstić information content (AvgIpc) is 3.66. The van der Waals surface area contributed by atoms with Crippen LogP contribution in [-0.4, -0.2) is 86.7 Å². The van der Waals surface area contributed by atoms with Crippen molar-refractivity contribution in [1.82, 2.24) is 29.5 Å². The number of halogens is 1. The molecular weight excluding hydrogens is 583 g/mol. The van der Waals surface area contributed by atoms with Gasteiger partial charge in [-0.05, 0) is 70.1 Å². The smallest absolute Gasteiger partial charge is 0.264 e. The van der Waals surface area contributed by atoms with Crippen LogP contribution in [-0.2, 0) is 11.3 Å². The van der Waals surface area contributed by atoms with E-state index in [0.717, 1.165) is 39.0 Å². The number of carbonyl (C=O) groups is 1. The summed E-state index contributed by atoms with van der Waals surface area (Å²) < 4.78 is 23.2. The van der Waals surface area contributed by atoms with Gasteiger partial charge in [0.05, 0.1) is 23.5 Å². The first kappa shape index (κ1) is 31.2. The number of nitrogen functional groups attached to an aromatic ring is 1. The molecule has 2 aliphatic heterocycles. The normalized spacial score (nSPS) is 18.2. The molecule has 0 radical (unpaired) electrons. The lowest BCUT2D eigenvalue weighted by Gasteiger charge is -2.42. The van der Waals surface area contributed by atoms with Crippen LogP contribution in [0.5, 0.6) is 11.5 Å². The number of ether oxygens (including phenoxy) is 1. The first-order valence-corrected chi connectivity index (χ1v) is 15.7. The van der Waals surface area contributed by atoms with E-state index in [1.54, 1.807) is 46.1 Å². The van der Waals surface area contributed by atoms with Gasteiger partial charge in [0.25, 0.3) is 5.91 Å². The number of piperazine rings is 1. The number of carbonyl (C=O) groups excluding carboxylic acids is 1. The van der Waals surface area contributed by atoms with Crippen LogP contribution in [0.2, 0.25) is 0 Å². The molecule has 2 aliphatic rings. The maximum atomic E-state index is 15.6. The molecule has 0 saturated carbocycles. The molecule has 238 valence electrons. The van der Waals surface area contributed by atoms with Crippen molar-refractivity contribution < 1.29 is 13.9 Å². The average molecular weight is 623 g/mol. The standard InChI is InChI=1S/C35H39FN8O2/c1-35(2,42-18-16-41(3)17-19-42)21-24(22-37)34(45)43-15-7-8-25(43)23-44-30-13-14-39-33(38)31(30)32(40-44)28-12-11-27(20-29(28)36)46-26-9-5-4-6-10-26/h4-6,9-14,20-21,25H,7-8,15-19,23H2,1-3H3,(H2,38,39)/t25-/m0/s1. The van der Waals surface area contributed by atoms with E-state index in [9.17, 15) is 10.1 Å². The number of likely N-dealkylation sites (N-methyl/N-ethyl adjacent to an activating group) is 1. The summed E-state index contributed by atoms with van der Waals surface area (Å²) in [6.07, 6.45) is 4.98. The van der Waals surface area contributed by atoms with Gasteiger partial charge in [0.1, 0.15) is 40.5 Å². The number of anilines is 1. The molecule has 2 fully saturated rings. The van der Waals surface area contributed by atoms with Crippen LogP contribution in [0.3, 0.4) is 0 Å². The number of fused-ring (bicyclic) bond motifs is 1. The van der Waals surface area contributed by atoms with E-state index < -0.39 is 11.4 Å². The summed E-state index contributed by atoms with van der Waals surface area (Å²) in [5.74, 6) is 0.422. The Morgan fingerprint density at radius 1 is 1.11 bits per heavy atom. The number of pyridine rings is 1. The molecule has 0 bridgehead atoms. The minimum atomic E-state index is -0.507. The summed E-state index contributed by atoms with van der Waals surface area (Å²) in [6, 6.07) is 17.6. The molecule has 11 heteroatoms. The molecule has 0 aliphatic carbocycles. The third-order valence-electron chi connectivity index (χ3n) is 9.06. The van der Waals surface area contributed by atoms with Crippen LogP contribution in [0, 0.1) is 17.1 Å². The van der Waals surface area contributed by atoms with Crippen molar-refractivity contribution in [2.45, 2.75) is 44.8 Å². The zero-order valence-electron chi connectivity index (χ0n) is 26.5. The first-order valence-electron chi connectivity index (χ1n) is 15.7. The quantitative estimate of drug-likeness (QED) is 0.214. The summed E-state index contributed by atoms with van der Waals surface area (Å²) in [5.41, 5.74) is 7.36. The second-order valence-corrected chi connectivity index (χ2v) is 12.6. The predicted octanol–water partition coefficient (Wildman–Crippen LogP) is 5.08. The number of nitrogens with zero attached hydrogens (tertiary/aromatic N) is 7. The fourth-order valence-corrected chi connectivity index (χ4v) is 6.47. The number of benzene rings is 2. The predicted molar refractivity (Wildman–Crippen MR) is 175 cm³/mol. The number of amides is 1. The van der Waals surface area contributed by atoms with Crippen LogP contribution in [0.15, 0.2) is 72.4 Å². The van der Waals surface area contributed by atoms with Crippen molar-refractivity contribution in [3.8, 4) is 28.8 Å². The number of rotatable bonds is 8. The summed E-state index contributed by atoms with van der Waals surface area (Å²) in [7, 11) is 2.10. The third kappa shape index (κ3) is 6.32. The molecule has 6 rings (SSSR count). The van der Waals surface area contributed by atoms with Crippen molar-refractivity contribution in [2.24, 2.45) is 0 Å². The summed E-state index contributed by atoms with van der Waals surface area (Å²) in [4.78, 5) is 24.5. The van der Waals surface area contributed by atoms with Crippen molar-refractivity contribution in [3.05, 3.63) is 78.3 Å². The largest absolute Gasteiger partial charge is 0.457 e. The molecular formula is C35H39FN8O2. The molecule has 1 amide bonds. The van der Waals surface area contributed by atoms with E-state index in [2.05, 4.69) is 41.7 Å². The Hall–Kier alpha value is -4.79. The van der Waals surface area contributed by atoms with E-state index in [-0.39, 0.29) is 28.9 Å². The van der Waals surface area contributed by atoms with Crippen LogP contribution in [0.25, 0.3) is 22.2 Å². The Kier molecular flexibility index (Phi) is 8.75. The Labute approximate surface area is 268 Å². The highest BCUT2D eigenvalue weighted by molar-refractivity contribution is 6.00. The highest BCUT2D eigenvalue weighted by Crippen LogP contribution is 2.35. The van der Waals surface area contributed by atoms with Crippen molar-refractivity contribution in [3.63, 3.8) is 0 Å². The number of para-hydroxylation sites is 1. The van der Waals surface area contributed by atoms with E-state index in [1.807, 2.05) is 24.3 Å². The fourth-order valence-electron chi connectivity index (χ4n) is 6.47. The Bertz CT molecular complexity index is 1800.